The minimum Gasteiger partial charge on any atom is -0.494 e. The quantitative estimate of drug-likeness (QED) is 0.651. The molecule has 0 amide bonds. The lowest BCUT2D eigenvalue weighted by Gasteiger charge is -2.12. The molecule has 0 spiro atoms. The van der Waals surface area contributed by atoms with Crippen LogP contribution < -0.4 is 14.9 Å². The summed E-state index contributed by atoms with van der Waals surface area (Å²) in [5, 5.41) is 7.43. The van der Waals surface area contributed by atoms with Crippen LogP contribution in [-0.4, -0.2) is 25.4 Å². The van der Waals surface area contributed by atoms with Gasteiger partial charge in [0.05, 0.1) is 31.2 Å². The van der Waals surface area contributed by atoms with Gasteiger partial charge in [-0.3, -0.25) is 5.43 Å². The summed E-state index contributed by atoms with van der Waals surface area (Å²) in [6.07, 6.45) is 1.56. The number of hydrogen-bond acceptors (Lipinski definition) is 6. The number of rotatable bonds is 5. The van der Waals surface area contributed by atoms with Crippen LogP contribution in [0.15, 0.2) is 16.5 Å². The molecule has 0 aliphatic carbocycles. The number of hydrazone groups is 1. The van der Waals surface area contributed by atoms with E-state index in [9.17, 15) is 0 Å². The van der Waals surface area contributed by atoms with E-state index in [0.717, 1.165) is 5.69 Å². The molecule has 21 heavy (non-hydrogen) atoms. The molecular weight excluding hydrogens is 333 g/mol. The van der Waals surface area contributed by atoms with Crippen LogP contribution in [0, 0.1) is 6.92 Å². The number of halogens is 2. The summed E-state index contributed by atoms with van der Waals surface area (Å²) < 4.78 is 10.4. The van der Waals surface area contributed by atoms with Gasteiger partial charge in [-0.2, -0.15) is 5.10 Å². The largest absolute Gasteiger partial charge is 0.494 e. The zero-order valence-corrected chi connectivity index (χ0v) is 13.9. The van der Waals surface area contributed by atoms with E-state index in [1.54, 1.807) is 12.3 Å². The summed E-state index contributed by atoms with van der Waals surface area (Å²) in [5.41, 5.74) is 4.41. The molecule has 8 heteroatoms. The molecule has 112 valence electrons. The number of anilines is 1. The van der Waals surface area contributed by atoms with Crippen molar-refractivity contribution in [3.05, 3.63) is 32.7 Å². The predicted octanol–water partition coefficient (Wildman–Crippen LogP) is 4.22. The van der Waals surface area contributed by atoms with E-state index in [4.69, 9.17) is 32.7 Å². The zero-order valence-electron chi connectivity index (χ0n) is 11.6. The van der Waals surface area contributed by atoms with Crippen molar-refractivity contribution in [2.45, 2.75) is 6.92 Å². The maximum atomic E-state index is 6.19. The summed E-state index contributed by atoms with van der Waals surface area (Å²) in [5.74, 6) is 0.814. The molecule has 0 saturated heterocycles. The number of aromatic nitrogens is 1. The van der Waals surface area contributed by atoms with Crippen LogP contribution in [0.2, 0.25) is 10.0 Å². The highest BCUT2D eigenvalue weighted by molar-refractivity contribution is 7.13. The first-order chi connectivity index (χ1) is 10.1. The van der Waals surface area contributed by atoms with Gasteiger partial charge in [-0.1, -0.05) is 23.2 Å². The Bertz CT molecular complexity index is 674. The third kappa shape index (κ3) is 3.58. The number of benzene rings is 1. The molecule has 0 atom stereocenters. The third-order valence-electron chi connectivity index (χ3n) is 2.55. The number of nitrogens with zero attached hydrogens (tertiary/aromatic N) is 2. The van der Waals surface area contributed by atoms with Gasteiger partial charge >= 0.3 is 0 Å². The van der Waals surface area contributed by atoms with Crippen molar-refractivity contribution in [3.8, 4) is 11.5 Å². The van der Waals surface area contributed by atoms with Gasteiger partial charge in [-0.25, -0.2) is 4.98 Å². The Hall–Kier alpha value is -1.50. The molecule has 5 nitrogen and oxygen atoms in total. The molecule has 1 aromatic carbocycles. The minimum absolute atomic E-state index is 0.305. The highest BCUT2D eigenvalue weighted by Gasteiger charge is 2.16. The van der Waals surface area contributed by atoms with Crippen molar-refractivity contribution in [2.24, 2.45) is 5.10 Å². The molecule has 2 aromatic rings. The molecule has 0 saturated carbocycles. The number of ether oxygens (including phenoxy) is 2. The van der Waals surface area contributed by atoms with Crippen LogP contribution in [0.1, 0.15) is 11.3 Å². The Labute approximate surface area is 136 Å². The summed E-state index contributed by atoms with van der Waals surface area (Å²) >= 11 is 13.8. The second kappa shape index (κ2) is 6.98. The molecule has 2 rings (SSSR count). The SMILES string of the molecule is COc1c(Cl)cc(/C=N\Nc2nc(C)cs2)c(OC)c1Cl. The van der Waals surface area contributed by atoms with E-state index < -0.39 is 0 Å². The maximum Gasteiger partial charge on any atom is 0.203 e. The normalized spacial score (nSPS) is 10.9. The molecule has 0 aliphatic heterocycles. The van der Waals surface area contributed by atoms with Crippen LogP contribution in [0.25, 0.3) is 0 Å². The Balaban J connectivity index is 2.27. The third-order valence-corrected chi connectivity index (χ3v) is 4.04. The van der Waals surface area contributed by atoms with Crippen LogP contribution in [0.3, 0.4) is 0 Å². The molecule has 1 aromatic heterocycles. The maximum absolute atomic E-state index is 6.19. The average molecular weight is 346 g/mol. The van der Waals surface area contributed by atoms with Gasteiger partial charge < -0.3 is 9.47 Å². The lowest BCUT2D eigenvalue weighted by atomic mass is 10.2. The molecule has 0 aliphatic rings. The predicted molar refractivity (Wildman–Crippen MR) is 87.6 cm³/mol. The van der Waals surface area contributed by atoms with Crippen LogP contribution in [0.4, 0.5) is 5.13 Å². The summed E-state index contributed by atoms with van der Waals surface area (Å²) in [7, 11) is 3.01. The summed E-state index contributed by atoms with van der Waals surface area (Å²) in [4.78, 5) is 4.24. The number of aryl methyl sites for hydroxylation is 1. The van der Waals surface area contributed by atoms with Gasteiger partial charge in [0.2, 0.25) is 5.13 Å². The van der Waals surface area contributed by atoms with Crippen molar-refractivity contribution in [1.82, 2.24) is 4.98 Å². The van der Waals surface area contributed by atoms with Gasteiger partial charge in [0.1, 0.15) is 10.8 Å². The number of thiazole rings is 1. The minimum atomic E-state index is 0.305. The van der Waals surface area contributed by atoms with Gasteiger partial charge in [0, 0.05) is 10.9 Å². The van der Waals surface area contributed by atoms with Crippen molar-refractivity contribution in [1.29, 1.82) is 0 Å². The lowest BCUT2D eigenvalue weighted by molar-refractivity contribution is 0.394. The smallest absolute Gasteiger partial charge is 0.203 e. The second-order valence-corrected chi connectivity index (χ2v) is 5.64. The van der Waals surface area contributed by atoms with Crippen molar-refractivity contribution in [3.63, 3.8) is 0 Å². The molecule has 0 bridgehead atoms. The van der Waals surface area contributed by atoms with Crippen LogP contribution in [0.5, 0.6) is 11.5 Å². The van der Waals surface area contributed by atoms with Gasteiger partial charge in [0.15, 0.2) is 5.75 Å². The fourth-order valence-corrected chi connectivity index (χ4v) is 2.99. The van der Waals surface area contributed by atoms with E-state index in [1.807, 2.05) is 12.3 Å². The van der Waals surface area contributed by atoms with Crippen molar-refractivity contribution < 1.29 is 9.47 Å². The highest BCUT2D eigenvalue weighted by Crippen LogP contribution is 2.41. The van der Waals surface area contributed by atoms with Gasteiger partial charge in [-0.15, -0.1) is 11.3 Å². The Morgan fingerprint density at radius 1 is 1.29 bits per heavy atom. The highest BCUT2D eigenvalue weighted by atomic mass is 35.5. The first kappa shape index (κ1) is 15.9. The van der Waals surface area contributed by atoms with Crippen molar-refractivity contribution in [2.75, 3.05) is 19.6 Å². The molecule has 1 heterocycles. The van der Waals surface area contributed by atoms with E-state index in [1.165, 1.54) is 25.6 Å². The second-order valence-electron chi connectivity index (χ2n) is 3.99. The van der Waals surface area contributed by atoms with Gasteiger partial charge in [-0.05, 0) is 13.0 Å². The number of nitrogens with one attached hydrogen (secondary N) is 1. The number of hydrogen-bond donors (Lipinski definition) is 1. The zero-order chi connectivity index (χ0) is 15.4. The van der Waals surface area contributed by atoms with E-state index in [0.29, 0.717) is 32.2 Å². The average Bonchev–Trinajstić information content (AvgIpc) is 2.85. The van der Waals surface area contributed by atoms with Gasteiger partial charge in [0.25, 0.3) is 0 Å². The topological polar surface area (TPSA) is 55.7 Å². The molecule has 0 unspecified atom stereocenters. The lowest BCUT2D eigenvalue weighted by Crippen LogP contribution is -1.97. The standard InChI is InChI=1S/C13H13Cl2N3O2S/c1-7-6-21-13(17-7)18-16-5-8-4-9(14)12(20-3)10(15)11(8)19-2/h4-6H,1-3H3,(H,17,18)/b16-5-. The summed E-state index contributed by atoms with van der Waals surface area (Å²) in [6, 6.07) is 1.67. The Morgan fingerprint density at radius 2 is 2.00 bits per heavy atom. The van der Waals surface area contributed by atoms with Crippen LogP contribution in [-0.2, 0) is 0 Å². The molecular formula is C13H13Cl2N3O2S. The van der Waals surface area contributed by atoms with E-state index >= 15 is 0 Å². The van der Waals surface area contributed by atoms with Crippen LogP contribution >= 0.6 is 34.5 Å². The first-order valence-electron chi connectivity index (χ1n) is 5.88. The monoisotopic (exact) mass is 345 g/mol. The number of methoxy groups -OCH3 is 2. The molecule has 0 radical (unpaired) electrons. The first-order valence-corrected chi connectivity index (χ1v) is 7.51. The van der Waals surface area contributed by atoms with E-state index in [-0.39, 0.29) is 0 Å². The molecule has 1 N–H and O–H groups in total. The summed E-state index contributed by atoms with van der Waals surface area (Å²) in [6.45, 7) is 1.91. The van der Waals surface area contributed by atoms with Crippen molar-refractivity contribution >= 4 is 45.9 Å². The Kier molecular flexibility index (Phi) is 5.27. The Morgan fingerprint density at radius 3 is 2.57 bits per heavy atom. The molecule has 0 fully saturated rings. The fraction of sp³-hybridized carbons (Fsp3) is 0.231. The van der Waals surface area contributed by atoms with E-state index in [2.05, 4.69) is 15.5 Å². The fourth-order valence-electron chi connectivity index (χ4n) is 1.66.